The first kappa shape index (κ1) is 23.3. The Morgan fingerprint density at radius 2 is 2.18 bits per heavy atom. The Kier molecular flexibility index (Phi) is 6.56. The summed E-state index contributed by atoms with van der Waals surface area (Å²) < 4.78 is 59.7. The topological polar surface area (TPSA) is 121 Å². The zero-order valence-electron chi connectivity index (χ0n) is 17.9. The van der Waals surface area contributed by atoms with Crippen LogP contribution in [0.3, 0.4) is 0 Å². The maximum Gasteiger partial charge on any atom is 0.283 e. The van der Waals surface area contributed by atoms with Gasteiger partial charge in [0.2, 0.25) is 5.88 Å². The summed E-state index contributed by atoms with van der Waals surface area (Å²) in [7, 11) is 0. The number of nitrogens with two attached hydrogens (primary N) is 1. The highest BCUT2D eigenvalue weighted by Crippen LogP contribution is 2.48. The molecule has 34 heavy (non-hydrogen) atoms. The van der Waals surface area contributed by atoms with Crippen molar-refractivity contribution in [2.24, 2.45) is 16.6 Å². The Bertz CT molecular complexity index is 1170. The second-order valence-corrected chi connectivity index (χ2v) is 7.48. The second kappa shape index (κ2) is 9.56. The van der Waals surface area contributed by atoms with E-state index >= 15 is 0 Å². The highest BCUT2D eigenvalue weighted by molar-refractivity contribution is 6.02. The molecule has 0 radical (unpaired) electrons. The standard InChI is InChI=1S/C22H20F3N5O4/c1-2-3-6-33-18-9-27-16(8-28-18)19(31)29-12-4-5-15(23)13(7-12)22(20(24)25)14-10-32-11-17(14)34-21(26)30-22/h4-5,7-9,14,17,20H,6,10-11H2,1H3,(H2,26,30)(H,29,31)/t14-,17+,22+/m0/s1. The summed E-state index contributed by atoms with van der Waals surface area (Å²) in [4.78, 5) is 24.4. The highest BCUT2D eigenvalue weighted by atomic mass is 19.3. The van der Waals surface area contributed by atoms with Gasteiger partial charge in [-0.15, -0.1) is 5.92 Å². The number of fused-ring (bicyclic) bond motifs is 1. The van der Waals surface area contributed by atoms with Crippen molar-refractivity contribution in [2.45, 2.75) is 25.0 Å². The van der Waals surface area contributed by atoms with Gasteiger partial charge in [0.25, 0.3) is 18.4 Å². The number of carbonyl (C=O) groups excluding carboxylic acids is 1. The molecule has 2 aliphatic rings. The average molecular weight is 475 g/mol. The Morgan fingerprint density at radius 3 is 2.88 bits per heavy atom. The molecule has 1 amide bonds. The first-order chi connectivity index (χ1) is 16.3. The van der Waals surface area contributed by atoms with Gasteiger partial charge in [0.1, 0.15) is 17.6 Å². The number of anilines is 1. The smallest absolute Gasteiger partial charge is 0.283 e. The van der Waals surface area contributed by atoms with Crippen molar-refractivity contribution in [1.82, 2.24) is 9.97 Å². The quantitative estimate of drug-likeness (QED) is 0.614. The summed E-state index contributed by atoms with van der Waals surface area (Å²) >= 11 is 0. The van der Waals surface area contributed by atoms with Gasteiger partial charge < -0.3 is 25.3 Å². The minimum absolute atomic E-state index is 0.0246. The molecule has 1 saturated heterocycles. The molecule has 3 atom stereocenters. The van der Waals surface area contributed by atoms with Gasteiger partial charge in [0.05, 0.1) is 31.5 Å². The molecule has 0 aliphatic carbocycles. The summed E-state index contributed by atoms with van der Waals surface area (Å²) in [5.74, 6) is 2.93. The monoisotopic (exact) mass is 475 g/mol. The van der Waals surface area contributed by atoms with E-state index in [-0.39, 0.29) is 37.1 Å². The van der Waals surface area contributed by atoms with Crippen molar-refractivity contribution >= 4 is 17.6 Å². The largest absolute Gasteiger partial charge is 0.463 e. The fourth-order valence-electron chi connectivity index (χ4n) is 3.89. The molecule has 1 fully saturated rings. The van der Waals surface area contributed by atoms with Crippen LogP contribution in [-0.2, 0) is 15.0 Å². The third-order valence-electron chi connectivity index (χ3n) is 5.48. The van der Waals surface area contributed by atoms with Gasteiger partial charge in [-0.25, -0.2) is 28.1 Å². The number of carbonyl (C=O) groups is 1. The van der Waals surface area contributed by atoms with E-state index in [1.54, 1.807) is 6.92 Å². The van der Waals surface area contributed by atoms with E-state index in [1.807, 2.05) is 0 Å². The third-order valence-corrected chi connectivity index (χ3v) is 5.48. The van der Waals surface area contributed by atoms with Crippen molar-refractivity contribution < 1.29 is 32.2 Å². The van der Waals surface area contributed by atoms with Crippen LogP contribution in [0.15, 0.2) is 35.6 Å². The SMILES string of the molecule is CC#CCOc1cnc(C(=O)Nc2ccc(F)c([C@@]3(C(F)F)N=C(N)O[C@@H]4COC[C@@H]43)c2)cn1. The van der Waals surface area contributed by atoms with Crippen LogP contribution in [0.4, 0.5) is 18.9 Å². The Morgan fingerprint density at radius 1 is 1.35 bits per heavy atom. The van der Waals surface area contributed by atoms with Crippen molar-refractivity contribution in [3.05, 3.63) is 47.7 Å². The number of aliphatic imine (C=N–C) groups is 1. The summed E-state index contributed by atoms with van der Waals surface area (Å²) in [6.07, 6.45) is -1.50. The number of hydrogen-bond acceptors (Lipinski definition) is 8. The summed E-state index contributed by atoms with van der Waals surface area (Å²) in [6, 6.07) is 2.83. The van der Waals surface area contributed by atoms with Crippen LogP contribution in [0, 0.1) is 23.6 Å². The van der Waals surface area contributed by atoms with Gasteiger partial charge >= 0.3 is 0 Å². The number of nitrogens with zero attached hydrogens (tertiary/aromatic N) is 3. The zero-order valence-corrected chi connectivity index (χ0v) is 17.9. The molecule has 1 aromatic carbocycles. The van der Waals surface area contributed by atoms with Crippen LogP contribution < -0.4 is 15.8 Å². The third kappa shape index (κ3) is 4.34. The first-order valence-electron chi connectivity index (χ1n) is 10.2. The number of amides is 1. The zero-order chi connectivity index (χ0) is 24.3. The minimum Gasteiger partial charge on any atom is -0.463 e. The number of nitrogens with one attached hydrogen (secondary N) is 1. The molecule has 3 N–H and O–H groups in total. The fraction of sp³-hybridized carbons (Fsp3) is 0.364. The van der Waals surface area contributed by atoms with Crippen molar-refractivity contribution in [2.75, 3.05) is 25.1 Å². The van der Waals surface area contributed by atoms with E-state index in [1.165, 1.54) is 18.5 Å². The van der Waals surface area contributed by atoms with E-state index in [2.05, 4.69) is 32.1 Å². The molecule has 0 unspecified atom stereocenters. The number of benzene rings is 1. The number of amidine groups is 1. The maximum absolute atomic E-state index is 14.9. The number of alkyl halides is 2. The predicted octanol–water partition coefficient (Wildman–Crippen LogP) is 2.09. The lowest BCUT2D eigenvalue weighted by molar-refractivity contribution is -0.0305. The van der Waals surface area contributed by atoms with Crippen molar-refractivity contribution in [3.63, 3.8) is 0 Å². The van der Waals surface area contributed by atoms with Crippen LogP contribution in [0.5, 0.6) is 5.88 Å². The molecule has 1 aromatic heterocycles. The average Bonchev–Trinajstić information content (AvgIpc) is 3.29. The summed E-state index contributed by atoms with van der Waals surface area (Å²) in [5, 5.41) is 2.51. The lowest BCUT2D eigenvalue weighted by Crippen LogP contribution is -2.52. The summed E-state index contributed by atoms with van der Waals surface area (Å²) in [5.41, 5.74) is 2.86. The molecule has 3 heterocycles. The van der Waals surface area contributed by atoms with Gasteiger partial charge in [-0.1, -0.05) is 5.92 Å². The number of halogens is 3. The number of ether oxygens (including phenoxy) is 3. The molecule has 0 saturated carbocycles. The minimum atomic E-state index is -3.12. The van der Waals surface area contributed by atoms with Gasteiger partial charge in [-0.05, 0) is 25.1 Å². The van der Waals surface area contributed by atoms with Crippen LogP contribution >= 0.6 is 0 Å². The number of hydrogen-bond donors (Lipinski definition) is 2. The molecule has 4 rings (SSSR count). The molecule has 12 heteroatoms. The van der Waals surface area contributed by atoms with Crippen LogP contribution in [-0.4, -0.2) is 54.2 Å². The van der Waals surface area contributed by atoms with E-state index in [0.29, 0.717) is 0 Å². The number of aromatic nitrogens is 2. The Hall–Kier alpha value is -3.85. The Labute approximate surface area is 192 Å². The van der Waals surface area contributed by atoms with Crippen LogP contribution in [0.2, 0.25) is 0 Å². The van der Waals surface area contributed by atoms with E-state index in [0.717, 1.165) is 12.1 Å². The molecule has 178 valence electrons. The fourth-order valence-corrected chi connectivity index (χ4v) is 3.89. The lowest BCUT2D eigenvalue weighted by atomic mass is 9.76. The maximum atomic E-state index is 14.9. The van der Waals surface area contributed by atoms with E-state index in [4.69, 9.17) is 19.9 Å². The molecule has 0 spiro atoms. The van der Waals surface area contributed by atoms with Crippen LogP contribution in [0.25, 0.3) is 0 Å². The molecular weight excluding hydrogens is 455 g/mol. The van der Waals surface area contributed by atoms with Gasteiger partial charge in [-0.2, -0.15) is 0 Å². The van der Waals surface area contributed by atoms with Gasteiger partial charge in [-0.3, -0.25) is 4.79 Å². The normalized spacial score (nSPS) is 23.3. The van der Waals surface area contributed by atoms with E-state index < -0.39 is 47.3 Å². The predicted molar refractivity (Wildman–Crippen MR) is 114 cm³/mol. The summed E-state index contributed by atoms with van der Waals surface area (Å²) in [6.45, 7) is 1.69. The molecule has 0 bridgehead atoms. The lowest BCUT2D eigenvalue weighted by Gasteiger charge is -2.40. The molecular formula is C22H20F3N5O4. The Balaban J connectivity index is 1.61. The van der Waals surface area contributed by atoms with Crippen molar-refractivity contribution in [3.8, 4) is 17.7 Å². The van der Waals surface area contributed by atoms with E-state index in [9.17, 15) is 18.0 Å². The first-order valence-corrected chi connectivity index (χ1v) is 10.2. The van der Waals surface area contributed by atoms with Crippen molar-refractivity contribution in [1.29, 1.82) is 0 Å². The second-order valence-electron chi connectivity index (χ2n) is 7.48. The molecule has 2 aromatic rings. The highest BCUT2D eigenvalue weighted by Gasteiger charge is 2.58. The molecule has 9 nitrogen and oxygen atoms in total. The molecule has 2 aliphatic heterocycles. The van der Waals surface area contributed by atoms with Gasteiger partial charge in [0, 0.05) is 11.3 Å². The van der Waals surface area contributed by atoms with Gasteiger partial charge in [0.15, 0.2) is 12.1 Å². The van der Waals surface area contributed by atoms with Crippen LogP contribution in [0.1, 0.15) is 23.0 Å². The number of rotatable bonds is 6.